The molecule has 7 heteroatoms. The van der Waals surface area contributed by atoms with E-state index in [4.69, 9.17) is 9.47 Å². The van der Waals surface area contributed by atoms with Gasteiger partial charge in [0, 0.05) is 18.1 Å². The third-order valence-electron chi connectivity index (χ3n) is 3.44. The average Bonchev–Trinajstić information content (AvgIpc) is 2.62. The number of carbonyl (C=O) groups excluding carboxylic acids is 2. The molecule has 0 N–H and O–H groups in total. The summed E-state index contributed by atoms with van der Waals surface area (Å²) in [4.78, 5) is 34.6. The zero-order chi connectivity index (χ0) is 18.2. The minimum absolute atomic E-state index is 0.0227. The van der Waals surface area contributed by atoms with Gasteiger partial charge in [-0.1, -0.05) is 30.3 Å². The summed E-state index contributed by atoms with van der Waals surface area (Å²) < 4.78 is 10.1. The van der Waals surface area contributed by atoms with Gasteiger partial charge in [0.05, 0.1) is 29.3 Å². The van der Waals surface area contributed by atoms with Crippen LogP contribution < -0.4 is 0 Å². The lowest BCUT2D eigenvalue weighted by Gasteiger charge is -2.09. The van der Waals surface area contributed by atoms with Crippen molar-refractivity contribution >= 4 is 17.6 Å². The lowest BCUT2D eigenvalue weighted by Crippen LogP contribution is -2.15. The topological polar surface area (TPSA) is 95.7 Å². The molecule has 7 nitrogen and oxygen atoms in total. The number of rotatable bonds is 7. The minimum Gasteiger partial charge on any atom is -0.462 e. The van der Waals surface area contributed by atoms with E-state index in [1.165, 1.54) is 18.2 Å². The standard InChI is InChI=1S/C18H17NO6/c1-2-24-17(20)14-8-4-5-9-15(14)18(21)25-12-11-13-7-3-6-10-16(13)19(22)23/h3-10H,2,11-12H2,1H3. The Balaban J connectivity index is 2.05. The fourth-order valence-corrected chi connectivity index (χ4v) is 2.28. The van der Waals surface area contributed by atoms with Gasteiger partial charge < -0.3 is 9.47 Å². The summed E-state index contributed by atoms with van der Waals surface area (Å²) in [5.74, 6) is -1.28. The molecule has 0 aliphatic heterocycles. The van der Waals surface area contributed by atoms with Gasteiger partial charge in [0.15, 0.2) is 0 Å². The molecule has 2 aromatic rings. The van der Waals surface area contributed by atoms with Gasteiger partial charge in [0.25, 0.3) is 5.69 Å². The molecule has 2 aromatic carbocycles. The number of esters is 2. The molecule has 0 heterocycles. The summed E-state index contributed by atoms with van der Waals surface area (Å²) in [7, 11) is 0. The number of benzene rings is 2. The molecule has 0 saturated carbocycles. The second-order valence-corrected chi connectivity index (χ2v) is 5.04. The zero-order valence-corrected chi connectivity index (χ0v) is 13.6. The Kier molecular flexibility index (Phi) is 6.22. The van der Waals surface area contributed by atoms with E-state index in [2.05, 4.69) is 0 Å². The Morgan fingerprint density at radius 3 is 2.12 bits per heavy atom. The molecular weight excluding hydrogens is 326 g/mol. The van der Waals surface area contributed by atoms with Gasteiger partial charge in [-0.3, -0.25) is 10.1 Å². The first-order chi connectivity index (χ1) is 12.0. The van der Waals surface area contributed by atoms with Crippen molar-refractivity contribution < 1.29 is 24.0 Å². The van der Waals surface area contributed by atoms with Crippen molar-refractivity contribution in [2.75, 3.05) is 13.2 Å². The summed E-state index contributed by atoms with van der Waals surface area (Å²) in [6, 6.07) is 12.4. The molecule has 0 aliphatic rings. The predicted octanol–water partition coefficient (Wildman–Crippen LogP) is 3.17. The van der Waals surface area contributed by atoms with E-state index in [9.17, 15) is 19.7 Å². The molecule has 0 aromatic heterocycles. The van der Waals surface area contributed by atoms with Crippen LogP contribution in [0.3, 0.4) is 0 Å². The largest absolute Gasteiger partial charge is 0.462 e. The van der Waals surface area contributed by atoms with Crippen molar-refractivity contribution in [3.63, 3.8) is 0 Å². The van der Waals surface area contributed by atoms with Gasteiger partial charge >= 0.3 is 11.9 Å². The van der Waals surface area contributed by atoms with Gasteiger partial charge in [-0.15, -0.1) is 0 Å². The van der Waals surface area contributed by atoms with Crippen LogP contribution >= 0.6 is 0 Å². The Morgan fingerprint density at radius 1 is 0.960 bits per heavy atom. The van der Waals surface area contributed by atoms with Gasteiger partial charge in [-0.05, 0) is 19.1 Å². The first kappa shape index (κ1) is 18.1. The molecule has 2 rings (SSSR count). The first-order valence-corrected chi connectivity index (χ1v) is 7.70. The molecule has 0 bridgehead atoms. The molecule has 25 heavy (non-hydrogen) atoms. The summed E-state index contributed by atoms with van der Waals surface area (Å²) in [6.07, 6.45) is 0.199. The van der Waals surface area contributed by atoms with Gasteiger partial charge in [-0.25, -0.2) is 9.59 Å². The first-order valence-electron chi connectivity index (χ1n) is 7.70. The van der Waals surface area contributed by atoms with Crippen LogP contribution in [0.2, 0.25) is 0 Å². The maximum Gasteiger partial charge on any atom is 0.339 e. The summed E-state index contributed by atoms with van der Waals surface area (Å²) >= 11 is 0. The number of nitro benzene ring substituents is 1. The highest BCUT2D eigenvalue weighted by atomic mass is 16.6. The van der Waals surface area contributed by atoms with Crippen molar-refractivity contribution in [1.29, 1.82) is 0 Å². The van der Waals surface area contributed by atoms with E-state index < -0.39 is 16.9 Å². The highest BCUT2D eigenvalue weighted by Gasteiger charge is 2.19. The Labute approximate surface area is 144 Å². The molecule has 0 spiro atoms. The average molecular weight is 343 g/mol. The van der Waals surface area contributed by atoms with E-state index in [0.717, 1.165) is 0 Å². The van der Waals surface area contributed by atoms with Crippen LogP contribution in [0.25, 0.3) is 0 Å². The second-order valence-electron chi connectivity index (χ2n) is 5.04. The fraction of sp³-hybridized carbons (Fsp3) is 0.222. The van der Waals surface area contributed by atoms with Crippen molar-refractivity contribution in [2.24, 2.45) is 0 Å². The van der Waals surface area contributed by atoms with E-state index in [1.807, 2.05) is 0 Å². The quantitative estimate of drug-likeness (QED) is 0.435. The lowest BCUT2D eigenvalue weighted by atomic mass is 10.1. The molecule has 0 aliphatic carbocycles. The molecule has 0 unspecified atom stereocenters. The highest BCUT2D eigenvalue weighted by molar-refractivity contribution is 6.03. The highest BCUT2D eigenvalue weighted by Crippen LogP contribution is 2.18. The van der Waals surface area contributed by atoms with Crippen LogP contribution in [-0.4, -0.2) is 30.1 Å². The van der Waals surface area contributed by atoms with Crippen molar-refractivity contribution in [3.8, 4) is 0 Å². The molecule has 130 valence electrons. The monoisotopic (exact) mass is 343 g/mol. The number of hydrogen-bond donors (Lipinski definition) is 0. The van der Waals surface area contributed by atoms with Crippen molar-refractivity contribution in [3.05, 3.63) is 75.3 Å². The van der Waals surface area contributed by atoms with Crippen molar-refractivity contribution in [2.45, 2.75) is 13.3 Å². The van der Waals surface area contributed by atoms with Crippen molar-refractivity contribution in [1.82, 2.24) is 0 Å². The molecule has 0 atom stereocenters. The van der Waals surface area contributed by atoms with Crippen LogP contribution in [0, 0.1) is 10.1 Å². The number of para-hydroxylation sites is 1. The summed E-state index contributed by atoms with van der Waals surface area (Å²) in [5, 5.41) is 11.0. The molecule has 0 radical (unpaired) electrons. The maximum absolute atomic E-state index is 12.2. The predicted molar refractivity (Wildman–Crippen MR) is 89.5 cm³/mol. The molecule has 0 fully saturated rings. The number of nitrogens with zero attached hydrogens (tertiary/aromatic N) is 1. The Morgan fingerprint density at radius 2 is 1.52 bits per heavy atom. The van der Waals surface area contributed by atoms with E-state index in [1.54, 1.807) is 37.3 Å². The number of nitro groups is 1. The summed E-state index contributed by atoms with van der Waals surface area (Å²) in [6.45, 7) is 1.83. The minimum atomic E-state index is -0.678. The number of hydrogen-bond acceptors (Lipinski definition) is 6. The molecule has 0 saturated heterocycles. The SMILES string of the molecule is CCOC(=O)c1ccccc1C(=O)OCCc1ccccc1[N+](=O)[O-]. The number of carbonyl (C=O) groups is 2. The Bertz CT molecular complexity index is 787. The molecular formula is C18H17NO6. The number of ether oxygens (including phenoxy) is 2. The molecule has 0 amide bonds. The van der Waals surface area contributed by atoms with E-state index in [-0.39, 0.29) is 36.4 Å². The van der Waals surface area contributed by atoms with Gasteiger partial charge in [-0.2, -0.15) is 0 Å². The Hall–Kier alpha value is -3.22. The van der Waals surface area contributed by atoms with Crippen LogP contribution in [0.4, 0.5) is 5.69 Å². The van der Waals surface area contributed by atoms with Crippen LogP contribution in [-0.2, 0) is 15.9 Å². The normalized spacial score (nSPS) is 10.1. The lowest BCUT2D eigenvalue weighted by molar-refractivity contribution is -0.385. The van der Waals surface area contributed by atoms with Crippen LogP contribution in [0.5, 0.6) is 0 Å². The summed E-state index contributed by atoms with van der Waals surface area (Å²) in [5.41, 5.74) is 0.674. The van der Waals surface area contributed by atoms with Crippen LogP contribution in [0.15, 0.2) is 48.5 Å². The smallest absolute Gasteiger partial charge is 0.339 e. The third-order valence-corrected chi connectivity index (χ3v) is 3.44. The van der Waals surface area contributed by atoms with Gasteiger partial charge in [0.1, 0.15) is 0 Å². The third kappa shape index (κ3) is 4.63. The van der Waals surface area contributed by atoms with Gasteiger partial charge in [0.2, 0.25) is 0 Å². The second kappa shape index (κ2) is 8.58. The van der Waals surface area contributed by atoms with E-state index in [0.29, 0.717) is 5.56 Å². The van der Waals surface area contributed by atoms with E-state index >= 15 is 0 Å². The maximum atomic E-state index is 12.2. The zero-order valence-electron chi connectivity index (χ0n) is 13.6. The van der Waals surface area contributed by atoms with Crippen LogP contribution in [0.1, 0.15) is 33.2 Å². The fourth-order valence-electron chi connectivity index (χ4n) is 2.28.